The van der Waals surface area contributed by atoms with Crippen molar-refractivity contribution in [1.29, 1.82) is 0 Å². The van der Waals surface area contributed by atoms with Crippen LogP contribution in [0.25, 0.3) is 0 Å². The summed E-state index contributed by atoms with van der Waals surface area (Å²) in [6.45, 7) is 1.78. The first-order valence-electron chi connectivity index (χ1n) is 6.00. The number of carbonyl (C=O) groups is 1. The van der Waals surface area contributed by atoms with E-state index in [2.05, 4.69) is 5.32 Å². The smallest absolute Gasteiger partial charge is 0.257 e. The van der Waals surface area contributed by atoms with E-state index in [4.69, 9.17) is 5.73 Å². The number of nitrogens with two attached hydrogens (primary N) is 1. The van der Waals surface area contributed by atoms with Crippen LogP contribution in [0.2, 0.25) is 0 Å². The molecule has 0 aromatic heterocycles. The van der Waals surface area contributed by atoms with Gasteiger partial charge in [-0.25, -0.2) is 8.78 Å². The molecule has 1 amide bonds. The average Bonchev–Trinajstić information content (AvgIpc) is 3.15. The summed E-state index contributed by atoms with van der Waals surface area (Å²) in [6.07, 6.45) is 2.00. The minimum atomic E-state index is -0.845. The third kappa shape index (κ3) is 2.51. The fourth-order valence-electron chi connectivity index (χ4n) is 1.97. The van der Waals surface area contributed by atoms with Crippen LogP contribution in [0.15, 0.2) is 12.1 Å². The number of carbonyl (C=O) groups excluding carboxylic acids is 1. The van der Waals surface area contributed by atoms with Gasteiger partial charge in [-0.1, -0.05) is 6.07 Å². The molecule has 0 radical (unpaired) electrons. The van der Waals surface area contributed by atoms with E-state index < -0.39 is 23.1 Å². The van der Waals surface area contributed by atoms with Crippen molar-refractivity contribution in [3.05, 3.63) is 34.9 Å². The lowest BCUT2D eigenvalue weighted by Gasteiger charge is -2.16. The predicted octanol–water partition coefficient (Wildman–Crippen LogP) is 1.74. The van der Waals surface area contributed by atoms with Gasteiger partial charge in [0, 0.05) is 12.6 Å². The molecule has 0 heterocycles. The Balaban J connectivity index is 2.20. The zero-order valence-corrected chi connectivity index (χ0v) is 10.2. The van der Waals surface area contributed by atoms with Gasteiger partial charge >= 0.3 is 0 Å². The number of halogens is 2. The van der Waals surface area contributed by atoms with Crippen molar-refractivity contribution < 1.29 is 13.6 Å². The standard InChI is InChI=1S/C13H16F2N2O/c1-7-2-5-9(14)11(12(7)15)13(18)17-10(6-16)8-3-4-8/h2,5,8,10H,3-4,6,16H2,1H3,(H,17,18). The summed E-state index contributed by atoms with van der Waals surface area (Å²) in [6, 6.07) is 2.21. The quantitative estimate of drug-likeness (QED) is 0.860. The second-order valence-electron chi connectivity index (χ2n) is 4.71. The Morgan fingerprint density at radius 1 is 1.50 bits per heavy atom. The fraction of sp³-hybridized carbons (Fsp3) is 0.462. The van der Waals surface area contributed by atoms with Crippen LogP contribution in [0.4, 0.5) is 8.78 Å². The molecule has 1 aliphatic carbocycles. The van der Waals surface area contributed by atoms with E-state index in [9.17, 15) is 13.6 Å². The number of aryl methyl sites for hydroxylation is 1. The molecule has 0 spiro atoms. The topological polar surface area (TPSA) is 55.1 Å². The lowest BCUT2D eigenvalue weighted by Crippen LogP contribution is -2.42. The third-order valence-corrected chi connectivity index (χ3v) is 3.27. The van der Waals surface area contributed by atoms with Gasteiger partial charge < -0.3 is 11.1 Å². The van der Waals surface area contributed by atoms with Crippen LogP contribution in [-0.2, 0) is 0 Å². The van der Waals surface area contributed by atoms with Crippen LogP contribution in [0.5, 0.6) is 0 Å². The number of hydrogen-bond donors (Lipinski definition) is 2. The molecule has 0 aliphatic heterocycles. The van der Waals surface area contributed by atoms with Crippen LogP contribution >= 0.6 is 0 Å². The number of nitrogens with one attached hydrogen (secondary N) is 1. The Labute approximate surface area is 104 Å². The Hall–Kier alpha value is -1.49. The summed E-state index contributed by atoms with van der Waals surface area (Å²) in [5.74, 6) is -2.04. The van der Waals surface area contributed by atoms with Gasteiger partial charge in [-0.2, -0.15) is 0 Å². The molecule has 1 unspecified atom stereocenters. The van der Waals surface area contributed by atoms with Crippen molar-refractivity contribution in [2.75, 3.05) is 6.54 Å². The lowest BCUT2D eigenvalue weighted by atomic mass is 10.1. The van der Waals surface area contributed by atoms with E-state index in [-0.39, 0.29) is 18.2 Å². The van der Waals surface area contributed by atoms with Gasteiger partial charge in [0.15, 0.2) is 0 Å². The second kappa shape index (κ2) is 5.02. The Bertz CT molecular complexity index is 472. The minimum Gasteiger partial charge on any atom is -0.348 e. The number of rotatable bonds is 4. The largest absolute Gasteiger partial charge is 0.348 e. The minimum absolute atomic E-state index is 0.197. The second-order valence-corrected chi connectivity index (χ2v) is 4.71. The fourth-order valence-corrected chi connectivity index (χ4v) is 1.97. The maximum Gasteiger partial charge on any atom is 0.257 e. The number of amides is 1. The molecular formula is C13H16F2N2O. The molecule has 3 N–H and O–H groups in total. The van der Waals surface area contributed by atoms with Crippen LogP contribution < -0.4 is 11.1 Å². The Morgan fingerprint density at radius 2 is 2.17 bits per heavy atom. The first-order chi connectivity index (χ1) is 8.54. The zero-order valence-electron chi connectivity index (χ0n) is 10.2. The van der Waals surface area contributed by atoms with Gasteiger partial charge in [0.2, 0.25) is 0 Å². The highest BCUT2D eigenvalue weighted by molar-refractivity contribution is 5.95. The van der Waals surface area contributed by atoms with E-state index in [1.807, 2.05) is 0 Å². The Kier molecular flexibility index (Phi) is 3.61. The summed E-state index contributed by atoms with van der Waals surface area (Å²) in [7, 11) is 0. The molecular weight excluding hydrogens is 238 g/mol. The normalized spacial score (nSPS) is 16.4. The van der Waals surface area contributed by atoms with Crippen molar-refractivity contribution in [3.8, 4) is 0 Å². The van der Waals surface area contributed by atoms with Crippen molar-refractivity contribution in [3.63, 3.8) is 0 Å². The van der Waals surface area contributed by atoms with Crippen molar-refractivity contribution in [1.82, 2.24) is 5.32 Å². The first-order valence-corrected chi connectivity index (χ1v) is 6.00. The average molecular weight is 254 g/mol. The highest BCUT2D eigenvalue weighted by atomic mass is 19.1. The van der Waals surface area contributed by atoms with Crippen LogP contribution in [0, 0.1) is 24.5 Å². The van der Waals surface area contributed by atoms with Gasteiger partial charge in [0.1, 0.15) is 17.2 Å². The SMILES string of the molecule is Cc1ccc(F)c(C(=O)NC(CN)C2CC2)c1F. The van der Waals surface area contributed by atoms with Crippen molar-refractivity contribution in [2.24, 2.45) is 11.7 Å². The lowest BCUT2D eigenvalue weighted by molar-refractivity contribution is 0.0924. The van der Waals surface area contributed by atoms with E-state index in [0.717, 1.165) is 18.9 Å². The van der Waals surface area contributed by atoms with Crippen molar-refractivity contribution in [2.45, 2.75) is 25.8 Å². The summed E-state index contributed by atoms with van der Waals surface area (Å²) >= 11 is 0. The predicted molar refractivity (Wildman–Crippen MR) is 64.1 cm³/mol. The van der Waals surface area contributed by atoms with Gasteiger partial charge in [-0.15, -0.1) is 0 Å². The molecule has 1 aromatic carbocycles. The monoisotopic (exact) mass is 254 g/mol. The molecule has 3 nitrogen and oxygen atoms in total. The molecule has 1 atom stereocenters. The summed E-state index contributed by atoms with van der Waals surface area (Å²) < 4.78 is 27.3. The maximum atomic E-state index is 13.8. The summed E-state index contributed by atoms with van der Waals surface area (Å²) in [5, 5.41) is 2.61. The van der Waals surface area contributed by atoms with E-state index >= 15 is 0 Å². The van der Waals surface area contributed by atoms with Crippen LogP contribution in [0.3, 0.4) is 0 Å². The van der Waals surface area contributed by atoms with Gasteiger partial charge in [-0.3, -0.25) is 4.79 Å². The molecule has 18 heavy (non-hydrogen) atoms. The van der Waals surface area contributed by atoms with E-state index in [1.54, 1.807) is 0 Å². The number of benzene rings is 1. The van der Waals surface area contributed by atoms with Gasteiger partial charge in [-0.05, 0) is 37.3 Å². The highest BCUT2D eigenvalue weighted by Crippen LogP contribution is 2.32. The van der Waals surface area contributed by atoms with Crippen molar-refractivity contribution >= 4 is 5.91 Å². The molecule has 0 bridgehead atoms. The molecule has 1 saturated carbocycles. The summed E-state index contributed by atoms with van der Waals surface area (Å²) in [4.78, 5) is 11.9. The molecule has 1 fully saturated rings. The van der Waals surface area contributed by atoms with Gasteiger partial charge in [0.25, 0.3) is 5.91 Å². The molecule has 1 aromatic rings. The molecule has 0 saturated heterocycles. The summed E-state index contributed by atoms with van der Waals surface area (Å²) in [5.41, 5.74) is 5.27. The zero-order chi connectivity index (χ0) is 13.3. The molecule has 98 valence electrons. The molecule has 5 heteroatoms. The molecule has 1 aliphatic rings. The van der Waals surface area contributed by atoms with Gasteiger partial charge in [0.05, 0.1) is 0 Å². The number of hydrogen-bond acceptors (Lipinski definition) is 2. The first kappa shape index (κ1) is 13.0. The third-order valence-electron chi connectivity index (χ3n) is 3.27. The van der Waals surface area contributed by atoms with Crippen LogP contribution in [0.1, 0.15) is 28.8 Å². The Morgan fingerprint density at radius 3 is 2.72 bits per heavy atom. The van der Waals surface area contributed by atoms with E-state index in [1.165, 1.54) is 13.0 Å². The van der Waals surface area contributed by atoms with Crippen LogP contribution in [-0.4, -0.2) is 18.5 Å². The highest BCUT2D eigenvalue weighted by Gasteiger charge is 2.32. The van der Waals surface area contributed by atoms with E-state index in [0.29, 0.717) is 5.92 Å². The molecule has 2 rings (SSSR count). The maximum absolute atomic E-state index is 13.8.